The molecular formula is C24H19NO2. The molecule has 27 heavy (non-hydrogen) atoms. The summed E-state index contributed by atoms with van der Waals surface area (Å²) in [5.41, 5.74) is 4.86. The molecule has 1 heterocycles. The van der Waals surface area contributed by atoms with Crippen molar-refractivity contribution in [3.05, 3.63) is 95.6 Å². The molecule has 0 amide bonds. The molecule has 3 aromatic carbocycles. The molecule has 4 aromatic rings. The Bertz CT molecular complexity index is 1120. The molecule has 132 valence electrons. The van der Waals surface area contributed by atoms with Gasteiger partial charge in [-0.3, -0.25) is 4.79 Å². The zero-order valence-corrected chi connectivity index (χ0v) is 15.3. The number of rotatable bonds is 4. The van der Waals surface area contributed by atoms with Crippen LogP contribution in [0.15, 0.2) is 78.9 Å². The number of ether oxygens (including phenoxy) is 1. The van der Waals surface area contributed by atoms with Crippen molar-refractivity contribution in [1.29, 1.82) is 0 Å². The monoisotopic (exact) mass is 353 g/mol. The second-order valence-electron chi connectivity index (χ2n) is 6.50. The minimum absolute atomic E-state index is 0.0487. The highest BCUT2D eigenvalue weighted by molar-refractivity contribution is 6.14. The highest BCUT2D eigenvalue weighted by atomic mass is 16.5. The lowest BCUT2D eigenvalue weighted by molar-refractivity contribution is 0.103. The molecule has 1 aromatic heterocycles. The van der Waals surface area contributed by atoms with Crippen LogP contribution >= 0.6 is 0 Å². The van der Waals surface area contributed by atoms with Crippen molar-refractivity contribution in [2.45, 2.75) is 6.92 Å². The number of nitrogens with zero attached hydrogens (tertiary/aromatic N) is 1. The maximum atomic E-state index is 13.3. The van der Waals surface area contributed by atoms with Gasteiger partial charge in [-0.2, -0.15) is 0 Å². The van der Waals surface area contributed by atoms with E-state index in [1.54, 1.807) is 31.4 Å². The molecule has 0 radical (unpaired) electrons. The van der Waals surface area contributed by atoms with Crippen LogP contribution in [0.3, 0.4) is 0 Å². The van der Waals surface area contributed by atoms with Gasteiger partial charge < -0.3 is 4.74 Å². The van der Waals surface area contributed by atoms with Crippen LogP contribution in [0.5, 0.6) is 5.75 Å². The zero-order chi connectivity index (χ0) is 18.8. The highest BCUT2D eigenvalue weighted by Crippen LogP contribution is 2.28. The van der Waals surface area contributed by atoms with E-state index < -0.39 is 0 Å². The molecule has 0 aliphatic carbocycles. The van der Waals surface area contributed by atoms with E-state index in [2.05, 4.69) is 6.07 Å². The topological polar surface area (TPSA) is 39.2 Å². The average molecular weight is 353 g/mol. The van der Waals surface area contributed by atoms with Gasteiger partial charge in [0.25, 0.3) is 0 Å². The van der Waals surface area contributed by atoms with Crippen molar-refractivity contribution in [2.75, 3.05) is 7.11 Å². The van der Waals surface area contributed by atoms with E-state index in [1.165, 1.54) is 0 Å². The Labute approximate surface area is 158 Å². The third-order valence-corrected chi connectivity index (χ3v) is 4.61. The van der Waals surface area contributed by atoms with Gasteiger partial charge in [-0.25, -0.2) is 4.98 Å². The van der Waals surface area contributed by atoms with Crippen LogP contribution in [0.25, 0.3) is 22.2 Å². The predicted molar refractivity (Wildman–Crippen MR) is 108 cm³/mol. The Hall–Kier alpha value is -3.46. The summed E-state index contributed by atoms with van der Waals surface area (Å²) in [6, 6.07) is 25.0. The van der Waals surface area contributed by atoms with Gasteiger partial charge in [-0.05, 0) is 49.4 Å². The molecule has 0 aliphatic rings. The fraction of sp³-hybridized carbons (Fsp3) is 0.0833. The molecule has 3 heteroatoms. The molecule has 4 rings (SSSR count). The second kappa shape index (κ2) is 7.04. The van der Waals surface area contributed by atoms with Crippen molar-refractivity contribution < 1.29 is 9.53 Å². The fourth-order valence-electron chi connectivity index (χ4n) is 3.18. The first kappa shape index (κ1) is 17.0. The van der Waals surface area contributed by atoms with Crippen LogP contribution < -0.4 is 4.74 Å². The van der Waals surface area contributed by atoms with Crippen molar-refractivity contribution in [3.63, 3.8) is 0 Å². The van der Waals surface area contributed by atoms with Crippen LogP contribution in [-0.2, 0) is 0 Å². The summed E-state index contributed by atoms with van der Waals surface area (Å²) in [7, 11) is 1.61. The number of hydrogen-bond acceptors (Lipinski definition) is 3. The third-order valence-electron chi connectivity index (χ3n) is 4.61. The molecule has 0 unspecified atom stereocenters. The number of aryl methyl sites for hydroxylation is 1. The minimum atomic E-state index is -0.0487. The van der Waals surface area contributed by atoms with E-state index in [0.717, 1.165) is 27.8 Å². The van der Waals surface area contributed by atoms with Gasteiger partial charge in [0.1, 0.15) is 5.75 Å². The Morgan fingerprint density at radius 2 is 1.63 bits per heavy atom. The summed E-state index contributed by atoms with van der Waals surface area (Å²) in [4.78, 5) is 18.1. The van der Waals surface area contributed by atoms with E-state index in [0.29, 0.717) is 16.8 Å². The lowest BCUT2D eigenvalue weighted by atomic mass is 9.96. The summed E-state index contributed by atoms with van der Waals surface area (Å²) < 4.78 is 5.19. The first-order chi connectivity index (χ1) is 13.2. The Balaban J connectivity index is 1.91. The first-order valence-electron chi connectivity index (χ1n) is 8.81. The third kappa shape index (κ3) is 3.32. The summed E-state index contributed by atoms with van der Waals surface area (Å²) in [5.74, 6) is 0.675. The molecule has 0 fully saturated rings. The standard InChI is InChI=1S/C24H19NO2/c1-16-8-13-22-19(14-16)15-21(23(25-22)17-6-4-3-5-7-17)24(26)18-9-11-20(27-2)12-10-18/h3-15H,1-2H3. The first-order valence-corrected chi connectivity index (χ1v) is 8.81. The normalized spacial score (nSPS) is 10.7. The van der Waals surface area contributed by atoms with Gasteiger partial charge in [0.2, 0.25) is 0 Å². The van der Waals surface area contributed by atoms with Gasteiger partial charge in [0.15, 0.2) is 5.78 Å². The van der Waals surface area contributed by atoms with Crippen LogP contribution in [0.1, 0.15) is 21.5 Å². The van der Waals surface area contributed by atoms with Gasteiger partial charge in [-0.15, -0.1) is 0 Å². The summed E-state index contributed by atoms with van der Waals surface area (Å²) in [6.45, 7) is 2.04. The smallest absolute Gasteiger partial charge is 0.195 e. The van der Waals surface area contributed by atoms with Crippen LogP contribution in [0.2, 0.25) is 0 Å². The number of carbonyl (C=O) groups is 1. The summed E-state index contributed by atoms with van der Waals surface area (Å²) in [5, 5.41) is 0.964. The van der Waals surface area contributed by atoms with Gasteiger partial charge in [0, 0.05) is 22.1 Å². The van der Waals surface area contributed by atoms with Crippen LogP contribution in [0.4, 0.5) is 0 Å². The molecule has 0 aliphatic heterocycles. The molecule has 0 N–H and O–H groups in total. The predicted octanol–water partition coefficient (Wildman–Crippen LogP) is 5.45. The SMILES string of the molecule is COc1ccc(C(=O)c2cc3cc(C)ccc3nc2-c2ccccc2)cc1. The minimum Gasteiger partial charge on any atom is -0.497 e. The largest absolute Gasteiger partial charge is 0.497 e. The van der Waals surface area contributed by atoms with Crippen LogP contribution in [0, 0.1) is 6.92 Å². The van der Waals surface area contributed by atoms with Crippen molar-refractivity contribution in [2.24, 2.45) is 0 Å². The fourth-order valence-corrected chi connectivity index (χ4v) is 3.18. The lowest BCUT2D eigenvalue weighted by Crippen LogP contribution is -2.05. The van der Waals surface area contributed by atoms with E-state index >= 15 is 0 Å². The Morgan fingerprint density at radius 3 is 2.33 bits per heavy atom. The van der Waals surface area contributed by atoms with Crippen molar-refractivity contribution >= 4 is 16.7 Å². The second-order valence-corrected chi connectivity index (χ2v) is 6.50. The molecule has 0 saturated heterocycles. The average Bonchev–Trinajstić information content (AvgIpc) is 2.73. The van der Waals surface area contributed by atoms with Gasteiger partial charge >= 0.3 is 0 Å². The number of pyridine rings is 1. The number of methoxy groups -OCH3 is 1. The highest BCUT2D eigenvalue weighted by Gasteiger charge is 2.18. The lowest BCUT2D eigenvalue weighted by Gasteiger charge is -2.11. The number of fused-ring (bicyclic) bond motifs is 1. The summed E-state index contributed by atoms with van der Waals surface area (Å²) in [6.07, 6.45) is 0. The molecule has 0 spiro atoms. The molecule has 0 atom stereocenters. The Morgan fingerprint density at radius 1 is 0.889 bits per heavy atom. The molecule has 3 nitrogen and oxygen atoms in total. The quantitative estimate of drug-likeness (QED) is 0.458. The van der Waals surface area contributed by atoms with E-state index in [9.17, 15) is 4.79 Å². The van der Waals surface area contributed by atoms with Gasteiger partial charge in [0.05, 0.1) is 18.3 Å². The van der Waals surface area contributed by atoms with E-state index in [-0.39, 0.29) is 5.78 Å². The number of hydrogen-bond donors (Lipinski definition) is 0. The van der Waals surface area contributed by atoms with E-state index in [1.807, 2.05) is 55.5 Å². The zero-order valence-electron chi connectivity index (χ0n) is 15.3. The molecule has 0 bridgehead atoms. The number of benzene rings is 3. The maximum absolute atomic E-state index is 13.3. The summed E-state index contributed by atoms with van der Waals surface area (Å²) >= 11 is 0. The number of aromatic nitrogens is 1. The number of carbonyl (C=O) groups excluding carboxylic acids is 1. The van der Waals surface area contributed by atoms with Crippen molar-refractivity contribution in [3.8, 4) is 17.0 Å². The molecular weight excluding hydrogens is 334 g/mol. The Kier molecular flexibility index (Phi) is 4.43. The van der Waals surface area contributed by atoms with Crippen molar-refractivity contribution in [1.82, 2.24) is 4.98 Å². The maximum Gasteiger partial charge on any atom is 0.195 e. The molecule has 0 saturated carbocycles. The van der Waals surface area contributed by atoms with E-state index in [4.69, 9.17) is 9.72 Å². The van der Waals surface area contributed by atoms with Gasteiger partial charge in [-0.1, -0.05) is 42.0 Å². The van der Waals surface area contributed by atoms with Crippen LogP contribution in [-0.4, -0.2) is 17.9 Å². The number of ketones is 1.